The van der Waals surface area contributed by atoms with E-state index in [-0.39, 0.29) is 6.03 Å². The van der Waals surface area contributed by atoms with Crippen molar-refractivity contribution in [3.8, 4) is 6.07 Å². The summed E-state index contributed by atoms with van der Waals surface area (Å²) >= 11 is 0. The molecule has 0 unspecified atom stereocenters. The number of piperidine rings is 1. The van der Waals surface area contributed by atoms with Crippen LogP contribution in [0, 0.1) is 17.2 Å². The Morgan fingerprint density at radius 3 is 2.47 bits per heavy atom. The molecule has 4 nitrogen and oxygen atoms in total. The molecule has 1 aliphatic carbocycles. The molecule has 0 aromatic heterocycles. The predicted octanol–water partition coefficient (Wildman–Crippen LogP) is 2.26. The summed E-state index contributed by atoms with van der Waals surface area (Å²) in [6, 6.07) is 2.26. The third kappa shape index (κ3) is 2.71. The van der Waals surface area contributed by atoms with Crippen molar-refractivity contribution in [2.45, 2.75) is 51.0 Å². The van der Waals surface area contributed by atoms with Gasteiger partial charge in [-0.15, -0.1) is 0 Å². The van der Waals surface area contributed by atoms with Crippen LogP contribution in [0.25, 0.3) is 0 Å². The van der Waals surface area contributed by atoms with E-state index in [1.54, 1.807) is 0 Å². The second kappa shape index (κ2) is 4.95. The Morgan fingerprint density at radius 1 is 1.35 bits per heavy atom. The highest BCUT2D eigenvalue weighted by atomic mass is 16.2. The van der Waals surface area contributed by atoms with Gasteiger partial charge in [-0.25, -0.2) is 4.79 Å². The second-order valence-corrected chi connectivity index (χ2v) is 5.50. The number of nitrogens with one attached hydrogen (secondary N) is 1. The first-order valence-corrected chi connectivity index (χ1v) is 6.63. The van der Waals surface area contributed by atoms with Crippen LogP contribution in [0.4, 0.5) is 4.79 Å². The standard InChI is InChI=1S/C13H21N3O/c1-11-4-8-16(9-5-11)12(17)15-13(10-14)6-2-3-7-13/h11H,2-9H2,1H3,(H,15,17). The quantitative estimate of drug-likeness (QED) is 0.758. The van der Waals surface area contributed by atoms with Gasteiger partial charge in [-0.05, 0) is 44.4 Å². The van der Waals surface area contributed by atoms with Crippen LogP contribution in [0.15, 0.2) is 0 Å². The molecule has 0 aromatic carbocycles. The van der Waals surface area contributed by atoms with Gasteiger partial charge in [0.25, 0.3) is 0 Å². The SMILES string of the molecule is CC1CCN(C(=O)NC2(C#N)CCCC2)CC1. The van der Waals surface area contributed by atoms with E-state index in [2.05, 4.69) is 18.3 Å². The number of carbonyl (C=O) groups is 1. The van der Waals surface area contributed by atoms with Gasteiger partial charge in [0.1, 0.15) is 5.54 Å². The topological polar surface area (TPSA) is 56.1 Å². The van der Waals surface area contributed by atoms with Crippen molar-refractivity contribution in [2.75, 3.05) is 13.1 Å². The molecule has 4 heteroatoms. The number of hydrogen-bond acceptors (Lipinski definition) is 2. The van der Waals surface area contributed by atoms with E-state index < -0.39 is 5.54 Å². The van der Waals surface area contributed by atoms with Gasteiger partial charge >= 0.3 is 6.03 Å². The van der Waals surface area contributed by atoms with Crippen LogP contribution in [0.3, 0.4) is 0 Å². The van der Waals surface area contributed by atoms with E-state index in [4.69, 9.17) is 0 Å². The van der Waals surface area contributed by atoms with E-state index in [0.717, 1.165) is 57.5 Å². The van der Waals surface area contributed by atoms with Crippen LogP contribution >= 0.6 is 0 Å². The van der Waals surface area contributed by atoms with Gasteiger partial charge in [0.05, 0.1) is 6.07 Å². The van der Waals surface area contributed by atoms with Crippen LogP contribution in [0.2, 0.25) is 0 Å². The molecule has 0 radical (unpaired) electrons. The number of nitrogens with zero attached hydrogens (tertiary/aromatic N) is 2. The van der Waals surface area contributed by atoms with Crippen molar-refractivity contribution in [1.82, 2.24) is 10.2 Å². The molecular formula is C13H21N3O. The summed E-state index contributed by atoms with van der Waals surface area (Å²) in [5, 5.41) is 12.2. The van der Waals surface area contributed by atoms with Crippen LogP contribution in [-0.2, 0) is 0 Å². The zero-order chi connectivity index (χ0) is 12.3. The number of hydrogen-bond donors (Lipinski definition) is 1. The van der Waals surface area contributed by atoms with E-state index in [9.17, 15) is 10.1 Å². The number of nitriles is 1. The highest BCUT2D eigenvalue weighted by Gasteiger charge is 2.36. The lowest BCUT2D eigenvalue weighted by molar-refractivity contribution is 0.166. The van der Waals surface area contributed by atoms with Gasteiger partial charge < -0.3 is 10.2 Å². The van der Waals surface area contributed by atoms with Crippen LogP contribution in [0.5, 0.6) is 0 Å². The van der Waals surface area contributed by atoms with Gasteiger partial charge in [0.2, 0.25) is 0 Å². The average Bonchev–Trinajstić information content (AvgIpc) is 2.79. The van der Waals surface area contributed by atoms with Crippen molar-refractivity contribution in [2.24, 2.45) is 5.92 Å². The van der Waals surface area contributed by atoms with Crippen molar-refractivity contribution in [3.63, 3.8) is 0 Å². The highest BCUT2D eigenvalue weighted by Crippen LogP contribution is 2.29. The van der Waals surface area contributed by atoms with Crippen molar-refractivity contribution in [1.29, 1.82) is 5.26 Å². The molecule has 94 valence electrons. The third-order valence-electron chi connectivity index (χ3n) is 4.09. The molecular weight excluding hydrogens is 214 g/mol. The van der Waals surface area contributed by atoms with Crippen molar-refractivity contribution >= 4 is 6.03 Å². The van der Waals surface area contributed by atoms with Crippen LogP contribution < -0.4 is 5.32 Å². The van der Waals surface area contributed by atoms with Crippen LogP contribution in [0.1, 0.15) is 45.4 Å². The molecule has 1 saturated carbocycles. The lowest BCUT2D eigenvalue weighted by atomic mass is 9.98. The summed E-state index contributed by atoms with van der Waals surface area (Å²) in [6.07, 6.45) is 5.86. The summed E-state index contributed by atoms with van der Waals surface area (Å²) in [5.74, 6) is 0.718. The number of likely N-dealkylation sites (tertiary alicyclic amines) is 1. The summed E-state index contributed by atoms with van der Waals surface area (Å²) in [6.45, 7) is 3.88. The van der Waals surface area contributed by atoms with Gasteiger partial charge in [0, 0.05) is 13.1 Å². The minimum absolute atomic E-state index is 0.0413. The zero-order valence-corrected chi connectivity index (χ0v) is 10.5. The number of urea groups is 1. The molecule has 1 N–H and O–H groups in total. The number of carbonyl (C=O) groups excluding carboxylic acids is 1. The van der Waals surface area contributed by atoms with Crippen LogP contribution in [-0.4, -0.2) is 29.6 Å². The normalized spacial score (nSPS) is 24.4. The minimum Gasteiger partial charge on any atom is -0.325 e. The predicted molar refractivity (Wildman–Crippen MR) is 65.3 cm³/mol. The maximum atomic E-state index is 12.1. The molecule has 1 heterocycles. The summed E-state index contributed by atoms with van der Waals surface area (Å²) in [7, 11) is 0. The molecule has 1 saturated heterocycles. The summed E-state index contributed by atoms with van der Waals surface area (Å²) in [4.78, 5) is 13.9. The lowest BCUT2D eigenvalue weighted by Gasteiger charge is -2.33. The largest absolute Gasteiger partial charge is 0.325 e. The van der Waals surface area contributed by atoms with E-state index >= 15 is 0 Å². The van der Waals surface area contributed by atoms with Crippen molar-refractivity contribution in [3.05, 3.63) is 0 Å². The van der Waals surface area contributed by atoms with E-state index in [0.29, 0.717) is 0 Å². The molecule has 0 spiro atoms. The second-order valence-electron chi connectivity index (χ2n) is 5.50. The smallest absolute Gasteiger partial charge is 0.318 e. The molecule has 0 bridgehead atoms. The average molecular weight is 235 g/mol. The summed E-state index contributed by atoms with van der Waals surface area (Å²) < 4.78 is 0. The monoisotopic (exact) mass is 235 g/mol. The van der Waals surface area contributed by atoms with Gasteiger partial charge in [-0.2, -0.15) is 5.26 Å². The van der Waals surface area contributed by atoms with Gasteiger partial charge in [-0.1, -0.05) is 6.92 Å². The molecule has 0 aromatic rings. The Labute approximate surface area is 103 Å². The first-order valence-electron chi connectivity index (χ1n) is 6.63. The number of rotatable bonds is 1. The Bertz CT molecular complexity index is 320. The summed E-state index contributed by atoms with van der Waals surface area (Å²) in [5.41, 5.74) is -0.583. The molecule has 0 atom stereocenters. The van der Waals surface area contributed by atoms with Crippen molar-refractivity contribution < 1.29 is 4.79 Å². The Morgan fingerprint density at radius 2 is 1.94 bits per heavy atom. The maximum absolute atomic E-state index is 12.1. The fraction of sp³-hybridized carbons (Fsp3) is 0.846. The van der Waals surface area contributed by atoms with E-state index in [1.807, 2.05) is 4.90 Å². The Kier molecular flexibility index (Phi) is 3.56. The minimum atomic E-state index is -0.583. The molecule has 17 heavy (non-hydrogen) atoms. The molecule has 1 aliphatic heterocycles. The molecule has 2 aliphatic rings. The van der Waals surface area contributed by atoms with Gasteiger partial charge in [-0.3, -0.25) is 0 Å². The highest BCUT2D eigenvalue weighted by molar-refractivity contribution is 5.75. The zero-order valence-electron chi connectivity index (χ0n) is 10.5. The molecule has 2 amide bonds. The Balaban J connectivity index is 1.90. The van der Waals surface area contributed by atoms with Gasteiger partial charge in [0.15, 0.2) is 0 Å². The molecule has 2 rings (SSSR count). The first kappa shape index (κ1) is 12.2. The Hall–Kier alpha value is -1.24. The van der Waals surface area contributed by atoms with E-state index in [1.165, 1.54) is 0 Å². The maximum Gasteiger partial charge on any atom is 0.318 e. The fourth-order valence-corrected chi connectivity index (χ4v) is 2.74. The molecule has 2 fully saturated rings. The number of amides is 2. The third-order valence-corrected chi connectivity index (χ3v) is 4.09. The fourth-order valence-electron chi connectivity index (χ4n) is 2.74. The first-order chi connectivity index (χ1) is 8.15. The lowest BCUT2D eigenvalue weighted by Crippen LogP contribution is -2.52.